The Hall–Kier alpha value is -0.470. The van der Waals surface area contributed by atoms with E-state index in [9.17, 15) is 8.42 Å². The summed E-state index contributed by atoms with van der Waals surface area (Å²) in [6, 6.07) is 1.95. The zero-order valence-electron chi connectivity index (χ0n) is 11.6. The summed E-state index contributed by atoms with van der Waals surface area (Å²) in [6.45, 7) is 4.98. The average molecular weight is 306 g/mol. The fraction of sp³-hybridized carbons (Fsp3) is 0.667. The molecule has 0 aliphatic rings. The highest BCUT2D eigenvalue weighted by Crippen LogP contribution is 2.21. The third-order valence-electron chi connectivity index (χ3n) is 3.24. The molecular weight excluding hydrogens is 284 g/mol. The van der Waals surface area contributed by atoms with Crippen molar-refractivity contribution in [1.82, 2.24) is 9.62 Å². The highest BCUT2D eigenvalue weighted by atomic mass is 32.2. The molecule has 0 fully saturated rings. The number of hydrogen-bond acceptors (Lipinski definition) is 5. The van der Waals surface area contributed by atoms with Crippen molar-refractivity contribution in [3.8, 4) is 0 Å². The van der Waals surface area contributed by atoms with Gasteiger partial charge in [-0.1, -0.05) is 6.92 Å². The molecule has 0 bridgehead atoms. The molecule has 1 aromatic heterocycles. The summed E-state index contributed by atoms with van der Waals surface area (Å²) in [7, 11) is -1.54. The maximum absolute atomic E-state index is 12.1. The van der Waals surface area contributed by atoms with E-state index in [0.717, 1.165) is 6.42 Å². The van der Waals surface area contributed by atoms with Gasteiger partial charge in [0.1, 0.15) is 0 Å². The fourth-order valence-corrected chi connectivity index (χ4v) is 3.96. The Kier molecular flexibility index (Phi) is 6.41. The second-order valence-electron chi connectivity index (χ2n) is 4.50. The molecule has 0 aliphatic heterocycles. The number of nitrogens with one attached hydrogen (secondary N) is 1. The van der Waals surface area contributed by atoms with E-state index >= 15 is 0 Å². The highest BCUT2D eigenvalue weighted by molar-refractivity contribution is 7.89. The third kappa shape index (κ3) is 4.54. The van der Waals surface area contributed by atoms with Crippen LogP contribution in [0.4, 0.5) is 0 Å². The summed E-state index contributed by atoms with van der Waals surface area (Å²) >= 11 is 1.25. The quantitative estimate of drug-likeness (QED) is 0.758. The molecule has 110 valence electrons. The maximum Gasteiger partial charge on any atom is 0.241 e. The molecule has 1 rings (SSSR count). The van der Waals surface area contributed by atoms with Crippen molar-refractivity contribution in [1.29, 1.82) is 0 Å². The first kappa shape index (κ1) is 16.6. The summed E-state index contributed by atoms with van der Waals surface area (Å²) in [5.74, 6) is 0. The molecule has 2 N–H and O–H groups in total. The first-order valence-corrected chi connectivity index (χ1v) is 8.65. The first-order chi connectivity index (χ1) is 8.92. The lowest BCUT2D eigenvalue weighted by Gasteiger charge is -2.23. The summed E-state index contributed by atoms with van der Waals surface area (Å²) < 4.78 is 26.7. The normalized spacial score (nSPS) is 13.9. The smallest absolute Gasteiger partial charge is 0.241 e. The Morgan fingerprint density at radius 2 is 2.21 bits per heavy atom. The average Bonchev–Trinajstić information content (AvgIpc) is 2.86. The lowest BCUT2D eigenvalue weighted by Crippen LogP contribution is -2.37. The number of aliphatic hydroxyl groups is 1. The second-order valence-corrected chi connectivity index (χ2v) is 7.24. The Balaban J connectivity index is 2.57. The van der Waals surface area contributed by atoms with Crippen LogP contribution >= 0.6 is 11.3 Å². The van der Waals surface area contributed by atoms with Crippen molar-refractivity contribution >= 4 is 21.4 Å². The Labute approximate surface area is 119 Å². The monoisotopic (exact) mass is 306 g/mol. The minimum Gasteiger partial charge on any atom is -0.391 e. The SMILES string of the molecule is CCC(C)N(C)CCNS(=O)(=O)c1ccsc1CO. The third-order valence-corrected chi connectivity index (χ3v) is 5.82. The van der Waals surface area contributed by atoms with E-state index in [0.29, 0.717) is 24.0 Å². The summed E-state index contributed by atoms with van der Waals surface area (Å²) in [4.78, 5) is 2.78. The molecule has 5 nitrogen and oxygen atoms in total. The molecule has 0 saturated heterocycles. The predicted molar refractivity (Wildman–Crippen MR) is 77.8 cm³/mol. The van der Waals surface area contributed by atoms with Crippen LogP contribution in [0.1, 0.15) is 25.1 Å². The van der Waals surface area contributed by atoms with Gasteiger partial charge in [0.2, 0.25) is 10.0 Å². The van der Waals surface area contributed by atoms with Gasteiger partial charge in [-0.3, -0.25) is 0 Å². The number of likely N-dealkylation sites (N-methyl/N-ethyl adjacent to an activating group) is 1. The van der Waals surface area contributed by atoms with Gasteiger partial charge in [-0.05, 0) is 31.8 Å². The fourth-order valence-electron chi connectivity index (χ4n) is 1.65. The van der Waals surface area contributed by atoms with Crippen LogP contribution in [0.15, 0.2) is 16.3 Å². The van der Waals surface area contributed by atoms with E-state index in [-0.39, 0.29) is 11.5 Å². The van der Waals surface area contributed by atoms with Crippen LogP contribution in [0.2, 0.25) is 0 Å². The van der Waals surface area contributed by atoms with Crippen LogP contribution in [0.3, 0.4) is 0 Å². The standard InChI is InChI=1S/C12H22N2O3S2/c1-4-10(2)14(3)7-6-13-19(16,17)12-5-8-18-11(12)9-15/h5,8,10,13,15H,4,6-7,9H2,1-3H3. The number of aliphatic hydroxyl groups excluding tert-OH is 1. The van der Waals surface area contributed by atoms with Crippen molar-refractivity contribution in [2.45, 2.75) is 37.8 Å². The summed E-state index contributed by atoms with van der Waals surface area (Å²) in [5.41, 5.74) is 0. The lowest BCUT2D eigenvalue weighted by molar-refractivity contribution is 0.256. The van der Waals surface area contributed by atoms with Crippen LogP contribution in [0.25, 0.3) is 0 Å². The number of sulfonamides is 1. The van der Waals surface area contributed by atoms with Crippen molar-refractivity contribution in [2.24, 2.45) is 0 Å². The second kappa shape index (κ2) is 7.35. The molecule has 7 heteroatoms. The molecule has 1 aromatic rings. The van der Waals surface area contributed by atoms with E-state index in [1.54, 1.807) is 5.38 Å². The van der Waals surface area contributed by atoms with Crippen molar-refractivity contribution < 1.29 is 13.5 Å². The van der Waals surface area contributed by atoms with E-state index in [2.05, 4.69) is 23.5 Å². The van der Waals surface area contributed by atoms with Crippen LogP contribution in [0.5, 0.6) is 0 Å². The molecule has 0 saturated carbocycles. The van der Waals surface area contributed by atoms with Crippen molar-refractivity contribution in [2.75, 3.05) is 20.1 Å². The van der Waals surface area contributed by atoms with Gasteiger partial charge in [-0.15, -0.1) is 11.3 Å². The van der Waals surface area contributed by atoms with Crippen LogP contribution in [-0.4, -0.2) is 44.6 Å². The minimum absolute atomic E-state index is 0.186. The van der Waals surface area contributed by atoms with Crippen molar-refractivity contribution in [3.05, 3.63) is 16.3 Å². The molecule has 1 atom stereocenters. The topological polar surface area (TPSA) is 69.6 Å². The largest absolute Gasteiger partial charge is 0.391 e. The Bertz CT molecular complexity index is 485. The van der Waals surface area contributed by atoms with E-state index in [4.69, 9.17) is 5.11 Å². The zero-order chi connectivity index (χ0) is 14.5. The Morgan fingerprint density at radius 3 is 2.79 bits per heavy atom. The highest BCUT2D eigenvalue weighted by Gasteiger charge is 2.19. The number of thiophene rings is 1. The van der Waals surface area contributed by atoms with Crippen LogP contribution in [-0.2, 0) is 16.6 Å². The number of rotatable bonds is 8. The van der Waals surface area contributed by atoms with Gasteiger partial charge in [-0.25, -0.2) is 13.1 Å². The summed E-state index contributed by atoms with van der Waals surface area (Å²) in [5, 5.41) is 10.8. The molecule has 19 heavy (non-hydrogen) atoms. The van der Waals surface area contributed by atoms with E-state index in [1.807, 2.05) is 7.05 Å². The molecule has 0 spiro atoms. The lowest BCUT2D eigenvalue weighted by atomic mass is 10.2. The minimum atomic E-state index is -3.51. The molecule has 0 aliphatic carbocycles. The van der Waals surface area contributed by atoms with Crippen LogP contribution in [0, 0.1) is 0 Å². The van der Waals surface area contributed by atoms with Gasteiger partial charge in [0.05, 0.1) is 11.5 Å². The maximum atomic E-state index is 12.1. The van der Waals surface area contributed by atoms with Gasteiger partial charge in [0.25, 0.3) is 0 Å². The van der Waals surface area contributed by atoms with Gasteiger partial charge < -0.3 is 10.0 Å². The zero-order valence-corrected chi connectivity index (χ0v) is 13.2. The first-order valence-electron chi connectivity index (χ1n) is 6.29. The molecule has 1 unspecified atom stereocenters. The van der Waals surface area contributed by atoms with Crippen LogP contribution < -0.4 is 4.72 Å². The van der Waals surface area contributed by atoms with Crippen molar-refractivity contribution in [3.63, 3.8) is 0 Å². The Morgan fingerprint density at radius 1 is 1.53 bits per heavy atom. The van der Waals surface area contributed by atoms with Gasteiger partial charge in [0.15, 0.2) is 0 Å². The van der Waals surface area contributed by atoms with E-state index in [1.165, 1.54) is 17.4 Å². The van der Waals surface area contributed by atoms with Gasteiger partial charge in [0, 0.05) is 24.0 Å². The molecule has 0 amide bonds. The number of nitrogens with zero attached hydrogens (tertiary/aromatic N) is 1. The van der Waals surface area contributed by atoms with Gasteiger partial charge >= 0.3 is 0 Å². The predicted octanol–water partition coefficient (Wildman–Crippen LogP) is 1.25. The molecule has 0 aromatic carbocycles. The van der Waals surface area contributed by atoms with Gasteiger partial charge in [-0.2, -0.15) is 0 Å². The molecule has 0 radical (unpaired) electrons. The number of hydrogen-bond donors (Lipinski definition) is 2. The van der Waals surface area contributed by atoms with E-state index < -0.39 is 10.0 Å². The summed E-state index contributed by atoms with van der Waals surface area (Å²) in [6.07, 6.45) is 1.03. The molecular formula is C12H22N2O3S2. The molecule has 1 heterocycles.